The van der Waals surface area contributed by atoms with Crippen LogP contribution < -0.4 is 20.7 Å². The van der Waals surface area contributed by atoms with Gasteiger partial charge < -0.3 is 9.47 Å². The molecule has 0 aliphatic carbocycles. The fourth-order valence-electron chi connectivity index (χ4n) is 1.30. The van der Waals surface area contributed by atoms with E-state index in [0.29, 0.717) is 0 Å². The number of amides is 1. The van der Waals surface area contributed by atoms with Gasteiger partial charge in [-0.1, -0.05) is 0 Å². The molecule has 9 heteroatoms. The molecule has 0 bridgehead atoms. The lowest BCUT2D eigenvalue weighted by atomic mass is 9.94. The molecule has 0 spiro atoms. The third-order valence-electron chi connectivity index (χ3n) is 2.47. The van der Waals surface area contributed by atoms with Gasteiger partial charge in [-0.05, 0) is 48.0 Å². The first kappa shape index (κ1) is 17.6. The van der Waals surface area contributed by atoms with Crippen LogP contribution in [0.25, 0.3) is 0 Å². The fraction of sp³-hybridized carbons (Fsp3) is 0.417. The summed E-state index contributed by atoms with van der Waals surface area (Å²) < 4.78 is 45.6. The van der Waals surface area contributed by atoms with Gasteiger partial charge in [-0.2, -0.15) is 0 Å². The van der Waals surface area contributed by atoms with Crippen LogP contribution >= 0.6 is 15.9 Å². The van der Waals surface area contributed by atoms with Crippen LogP contribution in [0.4, 0.5) is 13.2 Å². The first-order chi connectivity index (χ1) is 9.55. The van der Waals surface area contributed by atoms with Crippen LogP contribution in [-0.2, 0) is 4.79 Å². The maximum absolute atomic E-state index is 12.1. The molecule has 0 unspecified atom stereocenters. The Morgan fingerprint density at radius 1 is 1.38 bits per heavy atom. The van der Waals surface area contributed by atoms with Crippen molar-refractivity contribution >= 4 is 21.8 Å². The summed E-state index contributed by atoms with van der Waals surface area (Å²) in [5, 5.41) is 0. The van der Waals surface area contributed by atoms with E-state index < -0.39 is 17.7 Å². The zero-order valence-corrected chi connectivity index (χ0v) is 12.8. The number of hydrogen-bond acceptors (Lipinski definition) is 4. The molecule has 1 rings (SSSR count). The summed E-state index contributed by atoms with van der Waals surface area (Å²) in [4.78, 5) is 11.5. The summed E-state index contributed by atoms with van der Waals surface area (Å²) in [5.74, 6) is 4.53. The van der Waals surface area contributed by atoms with Crippen LogP contribution in [0, 0.1) is 5.41 Å². The van der Waals surface area contributed by atoms with E-state index in [1.165, 1.54) is 12.1 Å². The van der Waals surface area contributed by atoms with Crippen molar-refractivity contribution in [2.24, 2.45) is 11.3 Å². The summed E-state index contributed by atoms with van der Waals surface area (Å²) in [6, 6.07) is 3.74. The zero-order chi connectivity index (χ0) is 16.3. The molecule has 0 radical (unpaired) electrons. The number of carbonyl (C=O) groups excluding carboxylic acids is 1. The number of hydrazine groups is 1. The molecule has 0 fully saturated rings. The molecule has 0 aromatic heterocycles. The van der Waals surface area contributed by atoms with Crippen LogP contribution in [0.5, 0.6) is 11.5 Å². The summed E-state index contributed by atoms with van der Waals surface area (Å²) in [6.45, 7) is 3.23. The molecule has 21 heavy (non-hydrogen) atoms. The van der Waals surface area contributed by atoms with E-state index in [-0.39, 0.29) is 22.6 Å². The van der Waals surface area contributed by atoms with E-state index in [1.807, 2.05) is 5.43 Å². The number of alkyl halides is 3. The summed E-state index contributed by atoms with van der Waals surface area (Å²) in [6.07, 6.45) is -4.77. The van der Waals surface area contributed by atoms with Crippen LogP contribution in [0.3, 0.4) is 0 Å². The van der Waals surface area contributed by atoms with Gasteiger partial charge in [-0.3, -0.25) is 10.2 Å². The van der Waals surface area contributed by atoms with Crippen molar-refractivity contribution in [3.05, 3.63) is 22.7 Å². The second-order valence-corrected chi connectivity index (χ2v) is 5.64. The number of rotatable bonds is 5. The monoisotopic (exact) mass is 370 g/mol. The Bertz CT molecular complexity index is 521. The molecule has 0 heterocycles. The van der Waals surface area contributed by atoms with Crippen molar-refractivity contribution in [2.45, 2.75) is 20.2 Å². The van der Waals surface area contributed by atoms with E-state index in [2.05, 4.69) is 20.7 Å². The van der Waals surface area contributed by atoms with E-state index in [4.69, 9.17) is 10.6 Å². The molecule has 118 valence electrons. The van der Waals surface area contributed by atoms with Crippen molar-refractivity contribution in [1.82, 2.24) is 5.43 Å². The number of nitrogens with two attached hydrogens (primary N) is 1. The second-order valence-electron chi connectivity index (χ2n) is 4.79. The Morgan fingerprint density at radius 3 is 2.48 bits per heavy atom. The van der Waals surface area contributed by atoms with Crippen molar-refractivity contribution in [3.8, 4) is 11.5 Å². The summed E-state index contributed by atoms with van der Waals surface area (Å²) in [5.41, 5.74) is 1.13. The molecule has 3 N–H and O–H groups in total. The third kappa shape index (κ3) is 5.43. The molecule has 0 atom stereocenters. The van der Waals surface area contributed by atoms with Crippen molar-refractivity contribution < 1.29 is 27.4 Å². The van der Waals surface area contributed by atoms with Gasteiger partial charge in [0.1, 0.15) is 18.1 Å². The molecule has 1 aromatic carbocycles. The molecular weight excluding hydrogens is 357 g/mol. The van der Waals surface area contributed by atoms with E-state index in [0.717, 1.165) is 6.07 Å². The lowest BCUT2D eigenvalue weighted by molar-refractivity contribution is -0.274. The van der Waals surface area contributed by atoms with Gasteiger partial charge >= 0.3 is 6.36 Å². The lowest BCUT2D eigenvalue weighted by Crippen LogP contribution is -2.44. The quantitative estimate of drug-likeness (QED) is 0.474. The second kappa shape index (κ2) is 6.52. The minimum Gasteiger partial charge on any atom is -0.492 e. The van der Waals surface area contributed by atoms with Gasteiger partial charge in [0.25, 0.3) is 0 Å². The van der Waals surface area contributed by atoms with E-state index in [9.17, 15) is 18.0 Å². The van der Waals surface area contributed by atoms with Crippen molar-refractivity contribution in [1.29, 1.82) is 0 Å². The predicted molar refractivity (Wildman–Crippen MR) is 72.4 cm³/mol. The topological polar surface area (TPSA) is 73.6 Å². The number of carbonyl (C=O) groups is 1. The van der Waals surface area contributed by atoms with Crippen LogP contribution in [-0.4, -0.2) is 18.9 Å². The minimum absolute atomic E-state index is 0.00193. The van der Waals surface area contributed by atoms with Crippen molar-refractivity contribution in [3.63, 3.8) is 0 Å². The fourth-order valence-corrected chi connectivity index (χ4v) is 1.74. The molecule has 5 nitrogen and oxygen atoms in total. The average molecular weight is 371 g/mol. The van der Waals surface area contributed by atoms with Gasteiger partial charge in [0, 0.05) is 0 Å². The molecule has 0 aliphatic heterocycles. The molecule has 0 saturated heterocycles. The average Bonchev–Trinajstić information content (AvgIpc) is 2.37. The summed E-state index contributed by atoms with van der Waals surface area (Å²) >= 11 is 2.96. The third-order valence-corrected chi connectivity index (χ3v) is 3.09. The minimum atomic E-state index is -4.77. The van der Waals surface area contributed by atoms with Gasteiger partial charge in [0.2, 0.25) is 5.91 Å². The van der Waals surface area contributed by atoms with E-state index in [1.54, 1.807) is 13.8 Å². The first-order valence-corrected chi connectivity index (χ1v) is 6.53. The number of hydrogen-bond donors (Lipinski definition) is 2. The highest BCUT2D eigenvalue weighted by molar-refractivity contribution is 9.10. The molecule has 0 saturated carbocycles. The molecule has 1 amide bonds. The van der Waals surface area contributed by atoms with Crippen LogP contribution in [0.2, 0.25) is 0 Å². The van der Waals surface area contributed by atoms with E-state index >= 15 is 0 Å². The number of halogens is 4. The SMILES string of the molecule is CC(C)(COc1ccc(OC(F)(F)F)c(Br)c1)C(=O)NN. The normalized spacial score (nSPS) is 12.0. The first-order valence-electron chi connectivity index (χ1n) is 5.74. The van der Waals surface area contributed by atoms with Crippen LogP contribution in [0.1, 0.15) is 13.8 Å². The van der Waals surface area contributed by atoms with Crippen molar-refractivity contribution in [2.75, 3.05) is 6.61 Å². The Balaban J connectivity index is 2.75. The smallest absolute Gasteiger partial charge is 0.492 e. The highest BCUT2D eigenvalue weighted by atomic mass is 79.9. The standard InChI is InChI=1S/C12H14BrF3N2O3/c1-11(2,10(19)18-17)6-20-7-3-4-9(8(13)5-7)21-12(14,15)16/h3-5H,6,17H2,1-2H3,(H,18,19). The summed E-state index contributed by atoms with van der Waals surface area (Å²) in [7, 11) is 0. The Morgan fingerprint density at radius 2 is 2.00 bits per heavy atom. The molecule has 0 aliphatic rings. The number of ether oxygens (including phenoxy) is 2. The number of benzene rings is 1. The molecular formula is C12H14BrF3N2O3. The Kier molecular flexibility index (Phi) is 5.46. The lowest BCUT2D eigenvalue weighted by Gasteiger charge is -2.22. The molecule has 1 aromatic rings. The van der Waals surface area contributed by atoms with Gasteiger partial charge in [-0.25, -0.2) is 5.84 Å². The maximum Gasteiger partial charge on any atom is 0.573 e. The largest absolute Gasteiger partial charge is 0.573 e. The number of nitrogens with one attached hydrogen (secondary N) is 1. The van der Waals surface area contributed by atoms with Gasteiger partial charge in [-0.15, -0.1) is 13.2 Å². The predicted octanol–water partition coefficient (Wildman–Crippen LogP) is 2.74. The highest BCUT2D eigenvalue weighted by Crippen LogP contribution is 2.33. The maximum atomic E-state index is 12.1. The Labute approximate surface area is 127 Å². The zero-order valence-electron chi connectivity index (χ0n) is 11.3. The van der Waals surface area contributed by atoms with Gasteiger partial charge in [0.05, 0.1) is 9.89 Å². The Hall–Kier alpha value is -1.48. The highest BCUT2D eigenvalue weighted by Gasteiger charge is 2.32. The van der Waals surface area contributed by atoms with Crippen LogP contribution in [0.15, 0.2) is 22.7 Å². The van der Waals surface area contributed by atoms with Gasteiger partial charge in [0.15, 0.2) is 0 Å².